The van der Waals surface area contributed by atoms with Crippen LogP contribution < -0.4 is 11.1 Å². The summed E-state index contributed by atoms with van der Waals surface area (Å²) in [7, 11) is 1.55. The zero-order chi connectivity index (χ0) is 25.0. The van der Waals surface area contributed by atoms with E-state index in [0.717, 1.165) is 12.1 Å². The van der Waals surface area contributed by atoms with Crippen LogP contribution in [0.4, 0.5) is 14.5 Å². The van der Waals surface area contributed by atoms with Crippen LogP contribution in [0.3, 0.4) is 0 Å². The molecule has 1 unspecified atom stereocenters. The van der Waals surface area contributed by atoms with Crippen LogP contribution in [0.15, 0.2) is 53.2 Å². The van der Waals surface area contributed by atoms with Crippen LogP contribution in [-0.4, -0.2) is 48.0 Å². The maximum Gasteiger partial charge on any atom is 0.254 e. The van der Waals surface area contributed by atoms with Gasteiger partial charge in [-0.05, 0) is 47.9 Å². The molecule has 34 heavy (non-hydrogen) atoms. The highest BCUT2D eigenvalue weighted by molar-refractivity contribution is 5.99. The van der Waals surface area contributed by atoms with E-state index in [2.05, 4.69) is 10.3 Å². The highest BCUT2D eigenvalue weighted by atomic mass is 19.1. The molecule has 0 saturated heterocycles. The molecule has 1 aliphatic rings. The Bertz CT molecular complexity index is 1170. The van der Waals surface area contributed by atoms with Crippen molar-refractivity contribution in [3.63, 3.8) is 0 Å². The Morgan fingerprint density at radius 2 is 2.03 bits per heavy atom. The number of aliphatic hydroxyl groups is 1. The first-order valence-corrected chi connectivity index (χ1v) is 10.8. The van der Waals surface area contributed by atoms with Crippen molar-refractivity contribution in [1.29, 1.82) is 5.26 Å². The fraction of sp³-hybridized carbons (Fsp3) is 0.320. The highest BCUT2D eigenvalue weighted by Crippen LogP contribution is 2.39. The first kappa shape index (κ1) is 24.9. The lowest BCUT2D eigenvalue weighted by atomic mass is 9.78. The van der Waals surface area contributed by atoms with E-state index in [1.807, 2.05) is 19.9 Å². The third-order valence-corrected chi connectivity index (χ3v) is 5.60. The molecular weight excluding hydrogens is 440 g/mol. The molecule has 0 saturated carbocycles. The molecule has 4 N–H and O–H groups in total. The number of nitrogens with zero attached hydrogens (tertiary/aromatic N) is 3. The smallest absolute Gasteiger partial charge is 0.254 e. The van der Waals surface area contributed by atoms with Crippen molar-refractivity contribution in [3.8, 4) is 6.07 Å². The number of aliphatic imine (C=N–C) groups is 1. The molecule has 2 aromatic carbocycles. The Labute approximate surface area is 197 Å². The third-order valence-electron chi connectivity index (χ3n) is 5.60. The van der Waals surface area contributed by atoms with Gasteiger partial charge < -0.3 is 21.1 Å². The van der Waals surface area contributed by atoms with Crippen molar-refractivity contribution >= 4 is 17.8 Å². The summed E-state index contributed by atoms with van der Waals surface area (Å²) in [5.41, 5.74) is 7.12. The van der Waals surface area contributed by atoms with Gasteiger partial charge in [-0.1, -0.05) is 13.8 Å². The number of fused-ring (bicyclic) bond motifs is 1. The SMILES string of the molecule is CN=CC(=CN)[C@@H]1[C@@H](C(O)Nc2cc(F)cc(C#N)c2)c2cc(F)ccc2C(=O)N1CC(C)C. The van der Waals surface area contributed by atoms with Gasteiger partial charge in [0, 0.05) is 42.8 Å². The van der Waals surface area contributed by atoms with E-state index in [0.29, 0.717) is 12.1 Å². The van der Waals surface area contributed by atoms with Gasteiger partial charge in [0.05, 0.1) is 23.6 Å². The molecule has 0 aromatic heterocycles. The molecule has 1 aliphatic heterocycles. The normalized spacial score (nSPS) is 19.3. The van der Waals surface area contributed by atoms with E-state index in [1.54, 1.807) is 11.9 Å². The van der Waals surface area contributed by atoms with Gasteiger partial charge in [0.15, 0.2) is 0 Å². The Morgan fingerprint density at radius 1 is 1.29 bits per heavy atom. The summed E-state index contributed by atoms with van der Waals surface area (Å²) in [4.78, 5) is 19.1. The van der Waals surface area contributed by atoms with Crippen LogP contribution >= 0.6 is 0 Å². The predicted octanol–water partition coefficient (Wildman–Crippen LogP) is 3.37. The molecule has 9 heteroatoms. The molecule has 0 spiro atoms. The van der Waals surface area contributed by atoms with E-state index in [4.69, 9.17) is 11.0 Å². The molecule has 1 amide bonds. The Balaban J connectivity index is 2.19. The van der Waals surface area contributed by atoms with Gasteiger partial charge in [-0.3, -0.25) is 9.79 Å². The van der Waals surface area contributed by atoms with E-state index >= 15 is 0 Å². The van der Waals surface area contributed by atoms with Crippen LogP contribution in [0.25, 0.3) is 0 Å². The maximum atomic E-state index is 14.3. The fourth-order valence-electron chi connectivity index (χ4n) is 4.33. The summed E-state index contributed by atoms with van der Waals surface area (Å²) >= 11 is 0. The lowest BCUT2D eigenvalue weighted by molar-refractivity contribution is 0.0521. The Hall–Kier alpha value is -3.77. The van der Waals surface area contributed by atoms with Crippen LogP contribution in [-0.2, 0) is 0 Å². The van der Waals surface area contributed by atoms with Crippen molar-refractivity contribution in [2.75, 3.05) is 18.9 Å². The van der Waals surface area contributed by atoms with Crippen LogP contribution in [0, 0.1) is 28.9 Å². The number of hydrogen-bond donors (Lipinski definition) is 3. The number of benzene rings is 2. The van der Waals surface area contributed by atoms with E-state index in [-0.39, 0.29) is 34.2 Å². The molecule has 2 aromatic rings. The molecule has 0 aliphatic carbocycles. The standard InChI is InChI=1S/C25H27F2N5O2/c1-14(2)13-32-23(16(11-29)12-30-3)22(21-9-17(26)4-5-20(21)25(32)34)24(33)31-19-7-15(10-28)6-18(27)8-19/h4-9,11-12,14,22-24,31,33H,13,29H2,1-3H3/t22-,23+,24?/m0/s1. The summed E-state index contributed by atoms with van der Waals surface area (Å²) < 4.78 is 28.3. The molecule has 7 nitrogen and oxygen atoms in total. The first-order chi connectivity index (χ1) is 16.2. The van der Waals surface area contributed by atoms with Crippen LogP contribution in [0.2, 0.25) is 0 Å². The topological polar surface area (TPSA) is 115 Å². The first-order valence-electron chi connectivity index (χ1n) is 10.8. The molecule has 0 fully saturated rings. The number of carbonyl (C=O) groups is 1. The van der Waals surface area contributed by atoms with Gasteiger partial charge >= 0.3 is 0 Å². The van der Waals surface area contributed by atoms with E-state index < -0.39 is 29.8 Å². The Kier molecular flexibility index (Phi) is 7.64. The number of rotatable bonds is 7. The molecule has 0 bridgehead atoms. The lowest BCUT2D eigenvalue weighted by Gasteiger charge is -2.45. The summed E-state index contributed by atoms with van der Waals surface area (Å²) in [6.45, 7) is 4.24. The van der Waals surface area contributed by atoms with Gasteiger partial charge in [-0.15, -0.1) is 0 Å². The number of halogens is 2. The molecule has 3 atom stereocenters. The number of carbonyl (C=O) groups excluding carboxylic acids is 1. The van der Waals surface area contributed by atoms with Crippen molar-refractivity contribution in [3.05, 3.63) is 76.5 Å². The second-order valence-electron chi connectivity index (χ2n) is 8.54. The van der Waals surface area contributed by atoms with Crippen molar-refractivity contribution in [1.82, 2.24) is 4.90 Å². The average Bonchev–Trinajstić information content (AvgIpc) is 2.78. The van der Waals surface area contributed by atoms with Gasteiger partial charge in [-0.25, -0.2) is 8.78 Å². The summed E-state index contributed by atoms with van der Waals surface area (Å²) in [6, 6.07) is 8.48. The van der Waals surface area contributed by atoms with E-state index in [9.17, 15) is 18.7 Å². The monoisotopic (exact) mass is 467 g/mol. The number of anilines is 1. The quantitative estimate of drug-likeness (QED) is 0.427. The second-order valence-corrected chi connectivity index (χ2v) is 8.54. The molecular formula is C25H27F2N5O2. The van der Waals surface area contributed by atoms with Crippen LogP contribution in [0.5, 0.6) is 0 Å². The minimum atomic E-state index is -1.40. The molecule has 1 heterocycles. The van der Waals surface area contributed by atoms with Crippen molar-refractivity contribution in [2.45, 2.75) is 32.0 Å². The summed E-state index contributed by atoms with van der Waals surface area (Å²) in [6.07, 6.45) is 1.39. The number of amides is 1. The van der Waals surface area contributed by atoms with Crippen LogP contribution in [0.1, 0.15) is 41.3 Å². The summed E-state index contributed by atoms with van der Waals surface area (Å²) in [5, 5.41) is 23.3. The van der Waals surface area contributed by atoms with Gasteiger partial charge in [0.25, 0.3) is 5.91 Å². The van der Waals surface area contributed by atoms with Gasteiger partial charge in [0.2, 0.25) is 0 Å². The predicted molar refractivity (Wildman–Crippen MR) is 126 cm³/mol. The zero-order valence-corrected chi connectivity index (χ0v) is 19.2. The van der Waals surface area contributed by atoms with Gasteiger partial charge in [-0.2, -0.15) is 5.26 Å². The number of hydrogen-bond acceptors (Lipinski definition) is 6. The van der Waals surface area contributed by atoms with Crippen molar-refractivity contribution in [2.24, 2.45) is 16.6 Å². The molecule has 178 valence electrons. The largest absolute Gasteiger partial charge is 0.404 e. The number of aliphatic hydroxyl groups excluding tert-OH is 1. The number of nitrogens with one attached hydrogen (secondary N) is 1. The Morgan fingerprint density at radius 3 is 2.65 bits per heavy atom. The maximum absolute atomic E-state index is 14.3. The average molecular weight is 468 g/mol. The molecule has 3 rings (SSSR count). The number of nitrogens with two attached hydrogens (primary N) is 1. The molecule has 0 radical (unpaired) electrons. The van der Waals surface area contributed by atoms with Gasteiger partial charge in [0.1, 0.15) is 17.9 Å². The zero-order valence-electron chi connectivity index (χ0n) is 19.2. The third kappa shape index (κ3) is 5.07. The fourth-order valence-corrected chi connectivity index (χ4v) is 4.33. The lowest BCUT2D eigenvalue weighted by Crippen LogP contribution is -2.54. The minimum Gasteiger partial charge on any atom is -0.404 e. The number of nitriles is 1. The summed E-state index contributed by atoms with van der Waals surface area (Å²) in [5.74, 6) is -2.35. The minimum absolute atomic E-state index is 0.0682. The van der Waals surface area contributed by atoms with Crippen molar-refractivity contribution < 1.29 is 18.7 Å². The highest BCUT2D eigenvalue weighted by Gasteiger charge is 2.45. The second kappa shape index (κ2) is 10.4. The van der Waals surface area contributed by atoms with E-state index in [1.165, 1.54) is 36.7 Å².